The van der Waals surface area contributed by atoms with E-state index in [0.717, 1.165) is 109 Å². The van der Waals surface area contributed by atoms with Crippen molar-refractivity contribution in [3.63, 3.8) is 0 Å². The zero-order valence-electron chi connectivity index (χ0n) is 42.2. The van der Waals surface area contributed by atoms with Crippen molar-refractivity contribution in [1.29, 1.82) is 0 Å². The van der Waals surface area contributed by atoms with Gasteiger partial charge in [-0.1, -0.05) is 208 Å². The number of carbonyl (C=O) groups is 3. The fourth-order valence-corrected chi connectivity index (χ4v) is 7.11. The summed E-state index contributed by atoms with van der Waals surface area (Å²) in [5.41, 5.74) is 0. The highest BCUT2D eigenvalue weighted by Gasteiger charge is 2.19. The van der Waals surface area contributed by atoms with E-state index in [1.54, 1.807) is 0 Å². The largest absolute Gasteiger partial charge is 0.462 e. The molecule has 0 spiro atoms. The van der Waals surface area contributed by atoms with Gasteiger partial charge in [0.2, 0.25) is 0 Å². The molecule has 0 aliphatic rings. The van der Waals surface area contributed by atoms with Crippen LogP contribution in [0.5, 0.6) is 0 Å². The first-order valence-corrected chi connectivity index (χ1v) is 26.8. The molecule has 0 saturated carbocycles. The van der Waals surface area contributed by atoms with Crippen LogP contribution in [0.2, 0.25) is 0 Å². The van der Waals surface area contributed by atoms with Gasteiger partial charge in [-0.05, 0) is 109 Å². The molecule has 1 atom stereocenters. The average molecular weight is 903 g/mol. The van der Waals surface area contributed by atoms with Gasteiger partial charge in [-0.2, -0.15) is 0 Å². The van der Waals surface area contributed by atoms with Crippen LogP contribution in [0.3, 0.4) is 0 Å². The molecule has 6 nitrogen and oxygen atoms in total. The molecule has 6 heteroatoms. The van der Waals surface area contributed by atoms with Gasteiger partial charge in [0, 0.05) is 19.3 Å². The Labute approximate surface area is 400 Å². The van der Waals surface area contributed by atoms with Crippen LogP contribution in [0, 0.1) is 0 Å². The van der Waals surface area contributed by atoms with Gasteiger partial charge in [-0.3, -0.25) is 14.4 Å². The van der Waals surface area contributed by atoms with Crippen molar-refractivity contribution in [2.45, 2.75) is 245 Å². The number of esters is 3. The summed E-state index contributed by atoms with van der Waals surface area (Å²) in [7, 11) is 0. The number of hydrogen-bond donors (Lipinski definition) is 0. The van der Waals surface area contributed by atoms with Gasteiger partial charge in [0.05, 0.1) is 0 Å². The van der Waals surface area contributed by atoms with Crippen molar-refractivity contribution in [2.75, 3.05) is 13.2 Å². The van der Waals surface area contributed by atoms with E-state index in [0.29, 0.717) is 19.3 Å². The van der Waals surface area contributed by atoms with Gasteiger partial charge in [0.1, 0.15) is 13.2 Å². The number of carbonyl (C=O) groups excluding carboxylic acids is 3. The third kappa shape index (κ3) is 51.2. The molecule has 0 heterocycles. The number of unbranched alkanes of at least 4 members (excludes halogenated alkanes) is 21. The van der Waals surface area contributed by atoms with Crippen LogP contribution in [-0.2, 0) is 28.6 Å². The van der Waals surface area contributed by atoms with Crippen LogP contribution in [0.4, 0.5) is 0 Å². The Morgan fingerprint density at radius 1 is 0.338 bits per heavy atom. The summed E-state index contributed by atoms with van der Waals surface area (Å²) in [4.78, 5) is 38.0. The summed E-state index contributed by atoms with van der Waals surface area (Å²) in [6, 6.07) is 0. The molecule has 0 aromatic rings. The molecule has 65 heavy (non-hydrogen) atoms. The molecule has 0 radical (unpaired) electrons. The Balaban J connectivity index is 4.42. The van der Waals surface area contributed by atoms with Gasteiger partial charge < -0.3 is 14.2 Å². The van der Waals surface area contributed by atoms with Crippen molar-refractivity contribution in [3.8, 4) is 0 Å². The smallest absolute Gasteiger partial charge is 0.306 e. The van der Waals surface area contributed by atoms with Crippen molar-refractivity contribution < 1.29 is 28.6 Å². The Kier molecular flexibility index (Phi) is 50.0. The van der Waals surface area contributed by atoms with Crippen molar-refractivity contribution >= 4 is 17.9 Å². The lowest BCUT2D eigenvalue weighted by Crippen LogP contribution is -2.30. The standard InChI is InChI=1S/C59H98O6/c1-4-7-10-13-16-19-22-25-27-29-30-31-33-34-37-40-43-46-49-52-58(61)64-55-56(54-63-57(60)51-48-45-42-39-36-24-21-18-15-12-9-6-3)65-59(62)53-50-47-44-41-38-35-32-28-26-23-20-17-14-11-8-5-2/h8-9,11-12,16-22,25-26,28,36,39,56H,4-7,10,13-15,23-24,27,29-35,37-38,40-55H2,1-3H3/b11-8-,12-9-,19-16-,20-17-,21-18-,25-22-,28-26-,39-36-. The fraction of sp³-hybridized carbons (Fsp3) is 0.678. The van der Waals surface area contributed by atoms with E-state index in [1.165, 1.54) is 89.9 Å². The van der Waals surface area contributed by atoms with Crippen molar-refractivity contribution in [1.82, 2.24) is 0 Å². The lowest BCUT2D eigenvalue weighted by Gasteiger charge is -2.18. The van der Waals surface area contributed by atoms with E-state index < -0.39 is 6.10 Å². The molecule has 0 aromatic heterocycles. The SMILES string of the molecule is CC/C=C\C/C=C\C/C=C\CCCCCCCCC(=O)OC(COC(=O)CCCC/C=C\C/C=C\C/C=C\CC)COC(=O)CCCCCCCCCCCC/C=C\C=C/CCCCC. The number of rotatable bonds is 47. The minimum Gasteiger partial charge on any atom is -0.462 e. The second kappa shape index (κ2) is 52.9. The quantitative estimate of drug-likeness (QED) is 0.0199. The van der Waals surface area contributed by atoms with Gasteiger partial charge in [0.15, 0.2) is 6.10 Å². The Morgan fingerprint density at radius 3 is 1.06 bits per heavy atom. The van der Waals surface area contributed by atoms with Crippen LogP contribution in [0.1, 0.15) is 239 Å². The van der Waals surface area contributed by atoms with Crippen molar-refractivity contribution in [3.05, 3.63) is 97.2 Å². The Bertz CT molecular complexity index is 1310. The second-order valence-electron chi connectivity index (χ2n) is 17.4. The summed E-state index contributed by atoms with van der Waals surface area (Å²) in [6.45, 7) is 6.33. The molecule has 0 amide bonds. The molecule has 0 aliphatic heterocycles. The molecule has 0 N–H and O–H groups in total. The highest BCUT2D eigenvalue weighted by atomic mass is 16.6. The van der Waals surface area contributed by atoms with Gasteiger partial charge in [-0.15, -0.1) is 0 Å². The van der Waals surface area contributed by atoms with E-state index in [-0.39, 0.29) is 31.1 Å². The van der Waals surface area contributed by atoms with Crippen LogP contribution in [0.15, 0.2) is 97.2 Å². The average Bonchev–Trinajstić information content (AvgIpc) is 3.30. The lowest BCUT2D eigenvalue weighted by atomic mass is 10.1. The van der Waals surface area contributed by atoms with Gasteiger partial charge in [0.25, 0.3) is 0 Å². The zero-order valence-corrected chi connectivity index (χ0v) is 42.2. The van der Waals surface area contributed by atoms with Gasteiger partial charge in [-0.25, -0.2) is 0 Å². The maximum Gasteiger partial charge on any atom is 0.306 e. The zero-order chi connectivity index (χ0) is 47.2. The topological polar surface area (TPSA) is 78.9 Å². The highest BCUT2D eigenvalue weighted by molar-refractivity contribution is 5.71. The Hall–Kier alpha value is -3.67. The first-order valence-electron chi connectivity index (χ1n) is 26.8. The van der Waals surface area contributed by atoms with Crippen LogP contribution in [-0.4, -0.2) is 37.2 Å². The molecule has 0 bridgehead atoms. The number of allylic oxidation sites excluding steroid dienone is 16. The predicted octanol–water partition coefficient (Wildman–Crippen LogP) is 17.8. The van der Waals surface area contributed by atoms with Gasteiger partial charge >= 0.3 is 17.9 Å². The second-order valence-corrected chi connectivity index (χ2v) is 17.4. The molecule has 0 rings (SSSR count). The number of hydrogen-bond acceptors (Lipinski definition) is 6. The number of ether oxygens (including phenoxy) is 3. The minimum absolute atomic E-state index is 0.0977. The Morgan fingerprint density at radius 2 is 0.646 bits per heavy atom. The summed E-state index contributed by atoms with van der Waals surface area (Å²) < 4.78 is 16.8. The van der Waals surface area contributed by atoms with E-state index in [9.17, 15) is 14.4 Å². The van der Waals surface area contributed by atoms with Crippen LogP contribution < -0.4 is 0 Å². The lowest BCUT2D eigenvalue weighted by molar-refractivity contribution is -0.167. The molecular weight excluding hydrogens is 805 g/mol. The first-order chi connectivity index (χ1) is 32.0. The molecular formula is C59H98O6. The van der Waals surface area contributed by atoms with E-state index >= 15 is 0 Å². The van der Waals surface area contributed by atoms with Crippen LogP contribution in [0.25, 0.3) is 0 Å². The molecule has 0 saturated heterocycles. The first kappa shape index (κ1) is 61.3. The van der Waals surface area contributed by atoms with Crippen molar-refractivity contribution in [2.24, 2.45) is 0 Å². The molecule has 0 fully saturated rings. The maximum atomic E-state index is 12.8. The molecule has 370 valence electrons. The fourth-order valence-electron chi connectivity index (χ4n) is 7.11. The molecule has 1 unspecified atom stereocenters. The summed E-state index contributed by atoms with van der Waals surface area (Å²) in [5, 5.41) is 0. The van der Waals surface area contributed by atoms with Crippen LogP contribution >= 0.6 is 0 Å². The monoisotopic (exact) mass is 903 g/mol. The summed E-state index contributed by atoms with van der Waals surface area (Å²) in [6.07, 6.45) is 69.7. The van der Waals surface area contributed by atoms with E-state index in [1.807, 2.05) is 0 Å². The van der Waals surface area contributed by atoms with E-state index in [2.05, 4.69) is 118 Å². The highest BCUT2D eigenvalue weighted by Crippen LogP contribution is 2.14. The normalized spacial score (nSPS) is 12.8. The maximum absolute atomic E-state index is 12.8. The summed E-state index contributed by atoms with van der Waals surface area (Å²) >= 11 is 0. The molecule has 0 aromatic carbocycles. The third-order valence-corrected chi connectivity index (χ3v) is 11.1. The summed E-state index contributed by atoms with van der Waals surface area (Å²) in [5.74, 6) is -0.957. The van der Waals surface area contributed by atoms with E-state index in [4.69, 9.17) is 14.2 Å². The minimum atomic E-state index is -0.802. The molecule has 0 aliphatic carbocycles. The third-order valence-electron chi connectivity index (χ3n) is 11.1. The predicted molar refractivity (Wildman–Crippen MR) is 279 cm³/mol.